The molecular weight excluding hydrogens is 292 g/mol. The minimum atomic E-state index is -3.93. The van der Waals surface area contributed by atoms with Gasteiger partial charge in [-0.15, -0.1) is 0 Å². The predicted molar refractivity (Wildman–Crippen MR) is 80.3 cm³/mol. The van der Waals surface area contributed by atoms with E-state index in [2.05, 4.69) is 4.98 Å². The van der Waals surface area contributed by atoms with Crippen molar-refractivity contribution in [1.82, 2.24) is 4.98 Å². The number of primary sulfonamides is 1. The highest BCUT2D eigenvalue weighted by atomic mass is 32.2. The molecule has 0 radical (unpaired) electrons. The number of carbonyl (C=O) groups is 1. The number of pyridine rings is 1. The molecule has 4 N–H and O–H groups in total. The van der Waals surface area contributed by atoms with Crippen LogP contribution in [0.15, 0.2) is 29.2 Å². The largest absolute Gasteiger partial charge is 0.369 e. The number of hydrogen-bond donors (Lipinski definition) is 2. The summed E-state index contributed by atoms with van der Waals surface area (Å²) < 4.78 is 23.5. The van der Waals surface area contributed by atoms with Crippen LogP contribution in [-0.4, -0.2) is 33.4 Å². The summed E-state index contributed by atoms with van der Waals surface area (Å²) in [5.41, 5.74) is 6.07. The minimum Gasteiger partial charge on any atom is -0.369 e. The van der Waals surface area contributed by atoms with E-state index in [9.17, 15) is 13.2 Å². The first-order valence-electron chi connectivity index (χ1n) is 6.10. The molecule has 7 nitrogen and oxygen atoms in total. The van der Waals surface area contributed by atoms with E-state index >= 15 is 0 Å². The molecule has 8 heteroatoms. The molecule has 0 spiro atoms. The Labute approximate surface area is 122 Å². The molecular formula is C13H16N4O3S. The van der Waals surface area contributed by atoms with Crippen LogP contribution in [0.3, 0.4) is 0 Å². The molecule has 0 aliphatic rings. The van der Waals surface area contributed by atoms with Gasteiger partial charge in [-0.3, -0.25) is 4.79 Å². The van der Waals surface area contributed by atoms with Crippen molar-refractivity contribution in [3.63, 3.8) is 0 Å². The van der Waals surface area contributed by atoms with Crippen molar-refractivity contribution in [2.45, 2.75) is 11.3 Å². The molecule has 0 aliphatic carbocycles. The van der Waals surface area contributed by atoms with Gasteiger partial charge in [-0.05, 0) is 29.8 Å². The van der Waals surface area contributed by atoms with E-state index < -0.39 is 15.9 Å². The lowest BCUT2D eigenvalue weighted by Gasteiger charge is -2.13. The lowest BCUT2D eigenvalue weighted by atomic mass is 10.1. The fourth-order valence-corrected chi connectivity index (χ4v) is 2.83. The topological polar surface area (TPSA) is 119 Å². The average molecular weight is 308 g/mol. The van der Waals surface area contributed by atoms with Crippen molar-refractivity contribution in [2.75, 3.05) is 19.0 Å². The zero-order valence-corrected chi connectivity index (χ0v) is 12.5. The molecule has 2 aromatic rings. The SMILES string of the molecule is CN(C)c1ccc2c(S(N)(=O)=O)cc(CC(N)=O)cc2n1. The molecule has 1 aromatic carbocycles. The maximum absolute atomic E-state index is 11.7. The van der Waals surface area contributed by atoms with Crippen LogP contribution in [0.1, 0.15) is 5.56 Å². The number of nitrogens with zero attached hydrogens (tertiary/aromatic N) is 2. The van der Waals surface area contributed by atoms with Gasteiger partial charge in [0.05, 0.1) is 16.8 Å². The number of anilines is 1. The van der Waals surface area contributed by atoms with E-state index in [4.69, 9.17) is 10.9 Å². The van der Waals surface area contributed by atoms with Crippen molar-refractivity contribution in [3.8, 4) is 0 Å². The molecule has 0 fully saturated rings. The third-order valence-corrected chi connectivity index (χ3v) is 3.91. The molecule has 1 aromatic heterocycles. The molecule has 1 heterocycles. The number of aromatic nitrogens is 1. The van der Waals surface area contributed by atoms with Crippen LogP contribution in [-0.2, 0) is 21.2 Å². The lowest BCUT2D eigenvalue weighted by molar-refractivity contribution is -0.117. The molecule has 0 unspecified atom stereocenters. The van der Waals surface area contributed by atoms with Crippen LogP contribution in [0.4, 0.5) is 5.82 Å². The number of sulfonamides is 1. The van der Waals surface area contributed by atoms with Gasteiger partial charge in [-0.2, -0.15) is 0 Å². The molecule has 0 bridgehead atoms. The van der Waals surface area contributed by atoms with Gasteiger partial charge in [0.15, 0.2) is 0 Å². The predicted octanol–water partition coefficient (Wildman–Crippen LogP) is -0.0240. The van der Waals surface area contributed by atoms with Crippen molar-refractivity contribution >= 4 is 32.7 Å². The Kier molecular flexibility index (Phi) is 3.84. The Morgan fingerprint density at radius 2 is 1.95 bits per heavy atom. The number of nitrogens with two attached hydrogens (primary N) is 2. The van der Waals surface area contributed by atoms with Gasteiger partial charge < -0.3 is 10.6 Å². The van der Waals surface area contributed by atoms with Crippen molar-refractivity contribution < 1.29 is 13.2 Å². The summed E-state index contributed by atoms with van der Waals surface area (Å²) in [6, 6.07) is 6.34. The molecule has 0 saturated carbocycles. The summed E-state index contributed by atoms with van der Waals surface area (Å²) in [5.74, 6) is 0.109. The lowest BCUT2D eigenvalue weighted by Crippen LogP contribution is -2.17. The number of hydrogen-bond acceptors (Lipinski definition) is 5. The Balaban J connectivity index is 2.77. The first-order chi connectivity index (χ1) is 9.68. The van der Waals surface area contributed by atoms with Gasteiger partial charge >= 0.3 is 0 Å². The smallest absolute Gasteiger partial charge is 0.238 e. The van der Waals surface area contributed by atoms with Crippen molar-refractivity contribution in [3.05, 3.63) is 29.8 Å². The van der Waals surface area contributed by atoms with Gasteiger partial charge in [-0.25, -0.2) is 18.5 Å². The maximum atomic E-state index is 11.7. The molecule has 112 valence electrons. The molecule has 0 saturated heterocycles. The van der Waals surface area contributed by atoms with E-state index in [1.54, 1.807) is 23.1 Å². The summed E-state index contributed by atoms with van der Waals surface area (Å²) in [4.78, 5) is 17.2. The first kappa shape index (κ1) is 15.2. The zero-order chi connectivity index (χ0) is 15.8. The number of fused-ring (bicyclic) bond motifs is 1. The van der Waals surface area contributed by atoms with E-state index in [1.807, 2.05) is 14.1 Å². The summed E-state index contributed by atoms with van der Waals surface area (Å²) in [5, 5.41) is 5.65. The van der Waals surface area contributed by atoms with Crippen LogP contribution in [0.25, 0.3) is 10.9 Å². The van der Waals surface area contributed by atoms with Crippen LogP contribution in [0.5, 0.6) is 0 Å². The highest BCUT2D eigenvalue weighted by Crippen LogP contribution is 2.25. The van der Waals surface area contributed by atoms with Crippen LogP contribution >= 0.6 is 0 Å². The third kappa shape index (κ3) is 3.29. The highest BCUT2D eigenvalue weighted by Gasteiger charge is 2.16. The van der Waals surface area contributed by atoms with Crippen LogP contribution < -0.4 is 15.8 Å². The Bertz CT molecular complexity index is 816. The Morgan fingerprint density at radius 3 is 2.48 bits per heavy atom. The molecule has 21 heavy (non-hydrogen) atoms. The fraction of sp³-hybridized carbons (Fsp3) is 0.231. The number of benzene rings is 1. The Hall–Kier alpha value is -2.19. The second-order valence-corrected chi connectivity index (χ2v) is 6.44. The van der Waals surface area contributed by atoms with Crippen molar-refractivity contribution in [1.29, 1.82) is 0 Å². The molecule has 0 atom stereocenters. The third-order valence-electron chi connectivity index (χ3n) is 2.96. The fourth-order valence-electron chi connectivity index (χ4n) is 2.03. The van der Waals surface area contributed by atoms with Crippen molar-refractivity contribution in [2.24, 2.45) is 10.9 Å². The second kappa shape index (κ2) is 5.30. The second-order valence-electron chi connectivity index (χ2n) is 4.91. The number of amides is 1. The summed E-state index contributed by atoms with van der Waals surface area (Å²) in [7, 11) is -0.284. The van der Waals surface area contributed by atoms with Gasteiger partial charge in [0.1, 0.15) is 5.82 Å². The monoisotopic (exact) mass is 308 g/mol. The molecule has 1 amide bonds. The van der Waals surface area contributed by atoms with Crippen LogP contribution in [0.2, 0.25) is 0 Å². The van der Waals surface area contributed by atoms with E-state index in [0.29, 0.717) is 22.3 Å². The maximum Gasteiger partial charge on any atom is 0.238 e. The standard InChI is InChI=1S/C13H16N4O3S/c1-17(2)13-4-3-9-10(16-13)5-8(7-12(14)18)6-11(9)21(15,19)20/h3-6H,7H2,1-2H3,(H2,14,18)(H2,15,19,20). The van der Waals surface area contributed by atoms with E-state index in [0.717, 1.165) is 0 Å². The highest BCUT2D eigenvalue weighted by molar-refractivity contribution is 7.89. The minimum absolute atomic E-state index is 0.0611. The Morgan fingerprint density at radius 1 is 1.29 bits per heavy atom. The molecule has 0 aliphatic heterocycles. The number of primary amides is 1. The van der Waals surface area contributed by atoms with Gasteiger partial charge in [0.2, 0.25) is 15.9 Å². The quantitative estimate of drug-likeness (QED) is 0.822. The molecule has 2 rings (SSSR count). The normalized spacial score (nSPS) is 11.6. The summed E-state index contributed by atoms with van der Waals surface area (Å²) in [6.07, 6.45) is -0.0771. The first-order valence-corrected chi connectivity index (χ1v) is 7.65. The van der Waals surface area contributed by atoms with E-state index in [1.165, 1.54) is 6.07 Å². The number of rotatable bonds is 4. The van der Waals surface area contributed by atoms with Gasteiger partial charge in [0.25, 0.3) is 0 Å². The summed E-state index contributed by atoms with van der Waals surface area (Å²) in [6.45, 7) is 0. The van der Waals surface area contributed by atoms with E-state index in [-0.39, 0.29) is 11.3 Å². The van der Waals surface area contributed by atoms with Gasteiger partial charge in [-0.1, -0.05) is 0 Å². The average Bonchev–Trinajstić information content (AvgIpc) is 2.35. The van der Waals surface area contributed by atoms with Gasteiger partial charge in [0, 0.05) is 19.5 Å². The van der Waals surface area contributed by atoms with Crippen LogP contribution in [0, 0.1) is 0 Å². The zero-order valence-electron chi connectivity index (χ0n) is 11.7. The number of carbonyl (C=O) groups excluding carboxylic acids is 1. The summed E-state index contributed by atoms with van der Waals surface area (Å²) >= 11 is 0.